The Kier molecular flexibility index (Phi) is 25.8. The van der Waals surface area contributed by atoms with Crippen LogP contribution in [0.3, 0.4) is 0 Å². The number of nitrogens with one attached hydrogen (secondary N) is 9. The first-order valence-corrected chi connectivity index (χ1v) is 24.9. The van der Waals surface area contributed by atoms with Gasteiger partial charge in [0, 0.05) is 12.8 Å². The van der Waals surface area contributed by atoms with Gasteiger partial charge in [-0.25, -0.2) is 4.79 Å². The number of benzene rings is 3. The number of carbonyl (C=O) groups is 11. The highest BCUT2D eigenvalue weighted by Gasteiger charge is 2.37. The molecule has 430 valence electrons. The van der Waals surface area contributed by atoms with Gasteiger partial charge in [0.05, 0.1) is 32.2 Å². The molecule has 0 aliphatic heterocycles. The number of phenolic OH excluding ortho intramolecular Hbond substituents is 2. The lowest BCUT2D eigenvalue weighted by molar-refractivity contribution is -0.142. The lowest BCUT2D eigenvalue weighted by Gasteiger charge is -2.29. The number of amides is 9. The van der Waals surface area contributed by atoms with E-state index in [0.29, 0.717) is 16.7 Å². The van der Waals surface area contributed by atoms with Crippen molar-refractivity contribution in [2.24, 2.45) is 5.92 Å². The summed E-state index contributed by atoms with van der Waals surface area (Å²) in [5.74, 6) is -13.0. The number of hydrogen-bond acceptors (Lipinski definition) is 16. The summed E-state index contributed by atoms with van der Waals surface area (Å²) in [5, 5.41) is 89.9. The van der Waals surface area contributed by atoms with Crippen LogP contribution >= 0.6 is 0 Å². The minimum absolute atomic E-state index is 0.0247. The molecule has 3 rings (SSSR count). The molecular weight excluding hydrogens is 1040 g/mol. The zero-order chi connectivity index (χ0) is 59.1. The second kappa shape index (κ2) is 31.5. The molecule has 0 fully saturated rings. The number of aliphatic hydroxyl groups is 3. The Bertz CT molecular complexity index is 2600. The predicted molar refractivity (Wildman–Crippen MR) is 278 cm³/mol. The third-order valence-corrected chi connectivity index (χ3v) is 12.2. The van der Waals surface area contributed by atoms with Gasteiger partial charge in [0.25, 0.3) is 0 Å². The molecule has 0 saturated heterocycles. The summed E-state index contributed by atoms with van der Waals surface area (Å²) in [4.78, 5) is 145. The molecule has 0 bridgehead atoms. The van der Waals surface area contributed by atoms with E-state index in [1.165, 1.54) is 62.4 Å². The highest BCUT2D eigenvalue weighted by molar-refractivity contribution is 5.99. The van der Waals surface area contributed by atoms with Gasteiger partial charge in [0.2, 0.25) is 53.2 Å². The Morgan fingerprint density at radius 1 is 0.443 bits per heavy atom. The highest BCUT2D eigenvalue weighted by atomic mass is 16.4. The van der Waals surface area contributed by atoms with Gasteiger partial charge in [-0.05, 0) is 67.6 Å². The van der Waals surface area contributed by atoms with E-state index in [2.05, 4.69) is 47.9 Å². The molecule has 79 heavy (non-hydrogen) atoms. The minimum atomic E-state index is -1.89. The number of phenols is 2. The summed E-state index contributed by atoms with van der Waals surface area (Å²) >= 11 is 0. The van der Waals surface area contributed by atoms with Gasteiger partial charge in [-0.15, -0.1) is 0 Å². The van der Waals surface area contributed by atoms with Crippen molar-refractivity contribution in [3.63, 3.8) is 0 Å². The number of aromatic hydroxyl groups is 2. The van der Waals surface area contributed by atoms with Gasteiger partial charge in [-0.1, -0.05) is 74.9 Å². The van der Waals surface area contributed by atoms with E-state index in [1.807, 2.05) is 0 Å². The molecule has 0 heterocycles. The molecule has 11 atom stereocenters. The quantitative estimate of drug-likeness (QED) is 0.0297. The lowest BCUT2D eigenvalue weighted by Crippen LogP contribution is -2.63. The summed E-state index contributed by atoms with van der Waals surface area (Å²) < 4.78 is 0. The zero-order valence-corrected chi connectivity index (χ0v) is 43.9. The Morgan fingerprint density at radius 3 is 1.35 bits per heavy atom. The van der Waals surface area contributed by atoms with Crippen LogP contribution in [0.15, 0.2) is 78.9 Å². The molecule has 0 saturated carbocycles. The molecule has 3 aromatic carbocycles. The topological polar surface area (TPSA) is 438 Å². The van der Waals surface area contributed by atoms with Gasteiger partial charge in [0.1, 0.15) is 65.9 Å². The maximum Gasteiger partial charge on any atom is 0.326 e. The molecule has 9 amide bonds. The number of aliphatic carboxylic acids is 2. The second-order valence-corrected chi connectivity index (χ2v) is 18.6. The van der Waals surface area contributed by atoms with Gasteiger partial charge in [-0.2, -0.15) is 0 Å². The molecule has 0 radical (unpaired) electrons. The summed E-state index contributed by atoms with van der Waals surface area (Å²) in [6.45, 7) is 4.68. The maximum absolute atomic E-state index is 14.2. The predicted octanol–water partition coefficient (Wildman–Crippen LogP) is -3.50. The number of carbonyl (C=O) groups excluding carboxylic acids is 9. The number of rotatable bonds is 31. The van der Waals surface area contributed by atoms with Gasteiger partial charge >= 0.3 is 11.9 Å². The van der Waals surface area contributed by atoms with Crippen molar-refractivity contribution < 1.29 is 88.5 Å². The molecule has 27 nitrogen and oxygen atoms in total. The summed E-state index contributed by atoms with van der Waals surface area (Å²) in [6.07, 6.45) is -3.05. The molecular formula is C52H69N9O18. The maximum atomic E-state index is 14.2. The Hall–Kier alpha value is -8.69. The van der Waals surface area contributed by atoms with Crippen LogP contribution in [0.5, 0.6) is 11.5 Å². The van der Waals surface area contributed by atoms with Crippen LogP contribution in [-0.4, -0.2) is 175 Å². The standard InChI is InChI=1S/C52H69N9O18/c1-6-26(2)42(60-45(71)28(4)54-46(72)36(23-41(68)69)55-44(70)27(3)53-40(67)22-32-14-18-34(66)19-15-32)50(76)56-35(20-30-10-8-7-9-11-30)47(73)61-43(29(5)64)51(77)59-39(25-63)49(75)58-38(24-62)48(74)57-37(52(78)79)21-31-12-16-33(65)17-13-31/h7-19,26-29,35-39,42-43,62-66H,6,20-25H2,1-5H3,(H,53,67)(H,54,72)(H,55,70)(H,56,76)(H,57,74)(H,58,75)(H,59,77)(H,60,71)(H,61,73)(H,68,69)(H,78,79)/t26-,27-,28-,29+,35-,36-,37-,38-,39-,42-,43-/m0/s1. The first-order valence-electron chi connectivity index (χ1n) is 24.9. The Morgan fingerprint density at radius 2 is 0.848 bits per heavy atom. The molecule has 0 spiro atoms. The second-order valence-electron chi connectivity index (χ2n) is 18.6. The Balaban J connectivity index is 1.74. The molecule has 0 aliphatic rings. The summed E-state index contributed by atoms with van der Waals surface area (Å²) in [7, 11) is 0. The fraction of sp³-hybridized carbons (Fsp3) is 0.442. The SMILES string of the molecule is CC[C@H](C)[C@H](NC(=O)[C@H](C)NC(=O)[C@H](CC(=O)O)NC(=O)[C@H](C)NC(=O)Cc1ccc(O)cc1)C(=O)N[C@@H](Cc1ccccc1)C(=O)N[C@H](C(=O)N[C@@H](CO)C(=O)N[C@@H](CO)C(=O)N[C@@H](Cc1ccc(O)cc1)C(=O)O)[C@@H](C)O. The van der Waals surface area contributed by atoms with Crippen molar-refractivity contribution in [1.82, 2.24) is 47.9 Å². The molecule has 16 N–H and O–H groups in total. The Labute approximate surface area is 453 Å². The van der Waals surface area contributed by atoms with Crippen LogP contribution < -0.4 is 47.9 Å². The van der Waals surface area contributed by atoms with Crippen molar-refractivity contribution in [2.45, 2.75) is 127 Å². The van der Waals surface area contributed by atoms with Gasteiger partial charge < -0.3 is 83.6 Å². The molecule has 3 aromatic rings. The van der Waals surface area contributed by atoms with E-state index in [-0.39, 0.29) is 37.2 Å². The lowest BCUT2D eigenvalue weighted by atomic mass is 9.96. The van der Waals surface area contributed by atoms with Crippen LogP contribution in [0, 0.1) is 5.92 Å². The number of hydrogen-bond donors (Lipinski definition) is 16. The van der Waals surface area contributed by atoms with E-state index in [0.717, 1.165) is 6.92 Å². The fourth-order valence-corrected chi connectivity index (χ4v) is 7.44. The summed E-state index contributed by atoms with van der Waals surface area (Å²) in [5.41, 5.74) is 1.41. The average molecular weight is 1110 g/mol. The largest absolute Gasteiger partial charge is 0.508 e. The van der Waals surface area contributed by atoms with Crippen LogP contribution in [0.2, 0.25) is 0 Å². The van der Waals surface area contributed by atoms with E-state index in [4.69, 9.17) is 0 Å². The first kappa shape index (κ1) is 64.6. The molecule has 0 unspecified atom stereocenters. The van der Waals surface area contributed by atoms with Crippen LogP contribution in [0.25, 0.3) is 0 Å². The molecule has 0 aromatic heterocycles. The first-order chi connectivity index (χ1) is 37.3. The normalized spacial score (nSPS) is 15.1. The summed E-state index contributed by atoms with van der Waals surface area (Å²) in [6, 6.07) is 4.72. The van der Waals surface area contributed by atoms with E-state index in [1.54, 1.807) is 44.2 Å². The van der Waals surface area contributed by atoms with Crippen molar-refractivity contribution in [2.75, 3.05) is 13.2 Å². The third kappa shape index (κ3) is 21.3. The van der Waals surface area contributed by atoms with Crippen LogP contribution in [0.1, 0.15) is 64.2 Å². The van der Waals surface area contributed by atoms with Crippen molar-refractivity contribution in [3.05, 3.63) is 95.6 Å². The average Bonchev–Trinajstić information content (AvgIpc) is 3.40. The number of aliphatic hydroxyl groups excluding tert-OH is 3. The van der Waals surface area contributed by atoms with Crippen molar-refractivity contribution >= 4 is 65.1 Å². The van der Waals surface area contributed by atoms with E-state index < -0.39 is 151 Å². The van der Waals surface area contributed by atoms with E-state index >= 15 is 0 Å². The number of carboxylic acid groups (broad SMARTS) is 2. The van der Waals surface area contributed by atoms with Crippen LogP contribution in [0.4, 0.5) is 0 Å². The van der Waals surface area contributed by atoms with Crippen molar-refractivity contribution in [1.29, 1.82) is 0 Å². The third-order valence-electron chi connectivity index (χ3n) is 12.2. The van der Waals surface area contributed by atoms with Gasteiger partial charge in [-0.3, -0.25) is 47.9 Å². The smallest absolute Gasteiger partial charge is 0.326 e. The van der Waals surface area contributed by atoms with Crippen LogP contribution in [-0.2, 0) is 72.0 Å². The molecule has 27 heteroatoms. The molecule has 0 aliphatic carbocycles. The fourth-order valence-electron chi connectivity index (χ4n) is 7.44. The van der Waals surface area contributed by atoms with Crippen molar-refractivity contribution in [3.8, 4) is 11.5 Å². The highest BCUT2D eigenvalue weighted by Crippen LogP contribution is 2.14. The number of carboxylic acids is 2. The zero-order valence-electron chi connectivity index (χ0n) is 43.9. The minimum Gasteiger partial charge on any atom is -0.508 e. The van der Waals surface area contributed by atoms with Gasteiger partial charge in [0.15, 0.2) is 0 Å². The monoisotopic (exact) mass is 1110 g/mol. The van der Waals surface area contributed by atoms with E-state index in [9.17, 15) is 88.5 Å².